The molecule has 2 aromatic rings. The molecule has 9 heteroatoms. The van der Waals surface area contributed by atoms with Gasteiger partial charge in [0.25, 0.3) is 5.91 Å². The van der Waals surface area contributed by atoms with E-state index in [0.29, 0.717) is 18.8 Å². The summed E-state index contributed by atoms with van der Waals surface area (Å²) in [6.45, 7) is 2.85. The highest BCUT2D eigenvalue weighted by atomic mass is 19.4. The number of carbonyl (C=O) groups is 1. The molecule has 138 valence electrons. The van der Waals surface area contributed by atoms with Crippen molar-refractivity contribution in [3.05, 3.63) is 47.8 Å². The second-order valence-electron chi connectivity index (χ2n) is 6.06. The third-order valence-corrected chi connectivity index (χ3v) is 4.13. The third-order valence-electron chi connectivity index (χ3n) is 4.13. The highest BCUT2D eigenvalue weighted by Crippen LogP contribution is 2.30. The van der Waals surface area contributed by atoms with Gasteiger partial charge >= 0.3 is 6.18 Å². The van der Waals surface area contributed by atoms with Crippen molar-refractivity contribution in [2.75, 3.05) is 38.5 Å². The van der Waals surface area contributed by atoms with Gasteiger partial charge in [0, 0.05) is 38.1 Å². The maximum atomic E-state index is 12.6. The smallest absolute Gasteiger partial charge is 0.335 e. The highest BCUT2D eigenvalue weighted by molar-refractivity contribution is 5.92. The van der Waals surface area contributed by atoms with Gasteiger partial charge in [0.1, 0.15) is 5.69 Å². The van der Waals surface area contributed by atoms with E-state index in [2.05, 4.69) is 20.2 Å². The first-order valence-corrected chi connectivity index (χ1v) is 8.08. The van der Waals surface area contributed by atoms with Crippen molar-refractivity contribution >= 4 is 17.5 Å². The summed E-state index contributed by atoms with van der Waals surface area (Å²) in [4.78, 5) is 24.6. The molecule has 6 nitrogen and oxygen atoms in total. The molecule has 3 rings (SSSR count). The lowest BCUT2D eigenvalue weighted by atomic mass is 10.2. The van der Waals surface area contributed by atoms with Crippen LogP contribution in [0.2, 0.25) is 0 Å². The van der Waals surface area contributed by atoms with Crippen molar-refractivity contribution in [2.24, 2.45) is 0 Å². The van der Waals surface area contributed by atoms with Crippen LogP contribution in [0.25, 0.3) is 0 Å². The number of aromatic nitrogens is 2. The number of alkyl halides is 3. The normalized spacial score (nSPS) is 15.8. The molecule has 0 aliphatic carbocycles. The Morgan fingerprint density at radius 3 is 2.35 bits per heavy atom. The molecule has 1 aromatic heterocycles. The quantitative estimate of drug-likeness (QED) is 0.906. The van der Waals surface area contributed by atoms with E-state index < -0.39 is 11.7 Å². The van der Waals surface area contributed by atoms with Crippen LogP contribution in [0.4, 0.5) is 24.8 Å². The lowest BCUT2D eigenvalue weighted by molar-refractivity contribution is -0.137. The number of carbonyl (C=O) groups excluding carboxylic acids is 1. The summed E-state index contributed by atoms with van der Waals surface area (Å²) in [6, 6.07) is 6.06. The van der Waals surface area contributed by atoms with Crippen LogP contribution >= 0.6 is 0 Å². The lowest BCUT2D eigenvalue weighted by Gasteiger charge is -2.32. The molecule has 2 heterocycles. The van der Waals surface area contributed by atoms with Crippen LogP contribution in [0.3, 0.4) is 0 Å². The predicted octanol–water partition coefficient (Wildman–Crippen LogP) is 2.63. The molecule has 0 saturated carbocycles. The highest BCUT2D eigenvalue weighted by Gasteiger charge is 2.30. The average Bonchev–Trinajstić information content (AvgIpc) is 2.62. The van der Waals surface area contributed by atoms with Gasteiger partial charge in [-0.05, 0) is 37.4 Å². The Labute approximate surface area is 148 Å². The molecule has 1 saturated heterocycles. The monoisotopic (exact) mass is 365 g/mol. The number of hydrogen-bond donors (Lipinski definition) is 1. The number of hydrogen-bond acceptors (Lipinski definition) is 5. The molecule has 0 bridgehead atoms. The van der Waals surface area contributed by atoms with Crippen LogP contribution in [0.15, 0.2) is 36.5 Å². The molecule has 1 aromatic carbocycles. The second kappa shape index (κ2) is 7.28. The van der Waals surface area contributed by atoms with Crippen LogP contribution in [0.5, 0.6) is 0 Å². The molecule has 0 atom stereocenters. The molecule has 1 N–H and O–H groups in total. The van der Waals surface area contributed by atoms with Crippen molar-refractivity contribution in [3.63, 3.8) is 0 Å². The fraction of sp³-hybridized carbons (Fsp3) is 0.353. The van der Waals surface area contributed by atoms with E-state index in [1.54, 1.807) is 4.90 Å². The van der Waals surface area contributed by atoms with E-state index in [9.17, 15) is 18.0 Å². The molecule has 1 amide bonds. The van der Waals surface area contributed by atoms with Crippen molar-refractivity contribution in [2.45, 2.75) is 6.18 Å². The number of benzene rings is 1. The zero-order chi connectivity index (χ0) is 18.7. The number of nitrogens with zero attached hydrogens (tertiary/aromatic N) is 4. The molecule has 1 fully saturated rings. The Balaban J connectivity index is 1.70. The molecule has 0 radical (unpaired) electrons. The molecular weight excluding hydrogens is 347 g/mol. The van der Waals surface area contributed by atoms with Crippen LogP contribution in [0, 0.1) is 0 Å². The first-order valence-electron chi connectivity index (χ1n) is 8.08. The molecule has 0 unspecified atom stereocenters. The largest absolute Gasteiger partial charge is 0.416 e. The van der Waals surface area contributed by atoms with Crippen LogP contribution < -0.4 is 5.32 Å². The Morgan fingerprint density at radius 2 is 1.73 bits per heavy atom. The van der Waals surface area contributed by atoms with Gasteiger partial charge in [-0.15, -0.1) is 0 Å². The zero-order valence-corrected chi connectivity index (χ0v) is 14.1. The number of likely N-dealkylation sites (N-methyl/N-ethyl adjacent to an activating group) is 1. The van der Waals surface area contributed by atoms with Gasteiger partial charge in [0.15, 0.2) is 0 Å². The number of amides is 1. The Hall–Kier alpha value is -2.68. The van der Waals surface area contributed by atoms with Gasteiger partial charge in [-0.3, -0.25) is 4.79 Å². The zero-order valence-electron chi connectivity index (χ0n) is 14.1. The van der Waals surface area contributed by atoms with E-state index in [1.165, 1.54) is 24.4 Å². The fourth-order valence-electron chi connectivity index (χ4n) is 2.58. The van der Waals surface area contributed by atoms with Crippen molar-refractivity contribution < 1.29 is 18.0 Å². The van der Waals surface area contributed by atoms with Crippen LogP contribution in [0.1, 0.15) is 16.1 Å². The maximum Gasteiger partial charge on any atom is 0.416 e. The third kappa shape index (κ3) is 4.29. The number of anilines is 2. The van der Waals surface area contributed by atoms with E-state index in [1.807, 2.05) is 7.05 Å². The number of nitrogens with one attached hydrogen (secondary N) is 1. The van der Waals surface area contributed by atoms with Gasteiger partial charge in [0.05, 0.1) is 5.56 Å². The van der Waals surface area contributed by atoms with Gasteiger partial charge in [-0.2, -0.15) is 13.2 Å². The first-order chi connectivity index (χ1) is 12.3. The predicted molar refractivity (Wildman–Crippen MR) is 90.2 cm³/mol. The van der Waals surface area contributed by atoms with E-state index in [0.717, 1.165) is 25.2 Å². The SMILES string of the molecule is CN1CCN(C(=O)c2ccnc(Nc3ccc(C(F)(F)F)cc3)n2)CC1. The minimum atomic E-state index is -4.39. The molecular formula is C17H18F3N5O. The van der Waals surface area contributed by atoms with Gasteiger partial charge in [0.2, 0.25) is 5.95 Å². The Bertz CT molecular complexity index is 771. The minimum absolute atomic E-state index is 0.157. The van der Waals surface area contributed by atoms with Gasteiger partial charge in [-0.1, -0.05) is 0 Å². The van der Waals surface area contributed by atoms with Crippen molar-refractivity contribution in [1.29, 1.82) is 0 Å². The Kier molecular flexibility index (Phi) is 5.08. The lowest BCUT2D eigenvalue weighted by Crippen LogP contribution is -2.47. The summed E-state index contributed by atoms with van der Waals surface area (Å²) >= 11 is 0. The Morgan fingerprint density at radius 1 is 1.08 bits per heavy atom. The first kappa shape index (κ1) is 18.1. The molecule has 26 heavy (non-hydrogen) atoms. The summed E-state index contributed by atoms with van der Waals surface area (Å²) in [5, 5.41) is 2.82. The number of halogens is 3. The summed E-state index contributed by atoms with van der Waals surface area (Å²) < 4.78 is 37.8. The van der Waals surface area contributed by atoms with E-state index in [4.69, 9.17) is 0 Å². The number of piperazine rings is 1. The van der Waals surface area contributed by atoms with Crippen LogP contribution in [-0.4, -0.2) is 58.9 Å². The van der Waals surface area contributed by atoms with E-state index in [-0.39, 0.29) is 17.5 Å². The maximum absolute atomic E-state index is 12.6. The van der Waals surface area contributed by atoms with Crippen LogP contribution in [-0.2, 0) is 6.18 Å². The van der Waals surface area contributed by atoms with Gasteiger partial charge in [-0.25, -0.2) is 9.97 Å². The summed E-state index contributed by atoms with van der Waals surface area (Å²) in [5.41, 5.74) is -0.0795. The van der Waals surface area contributed by atoms with E-state index >= 15 is 0 Å². The summed E-state index contributed by atoms with van der Waals surface area (Å²) in [5.74, 6) is -0.0271. The standard InChI is InChI=1S/C17H18F3N5O/c1-24-8-10-25(11-9-24)15(26)14-6-7-21-16(23-14)22-13-4-2-12(3-5-13)17(18,19)20/h2-7H,8-11H2,1H3,(H,21,22,23). The molecule has 1 aliphatic rings. The topological polar surface area (TPSA) is 61.4 Å². The number of rotatable bonds is 3. The molecule has 0 spiro atoms. The molecule has 1 aliphatic heterocycles. The average molecular weight is 365 g/mol. The van der Waals surface area contributed by atoms with Gasteiger partial charge < -0.3 is 15.1 Å². The fourth-order valence-corrected chi connectivity index (χ4v) is 2.58. The van der Waals surface area contributed by atoms with Crippen molar-refractivity contribution in [1.82, 2.24) is 19.8 Å². The van der Waals surface area contributed by atoms with Crippen molar-refractivity contribution in [3.8, 4) is 0 Å². The summed E-state index contributed by atoms with van der Waals surface area (Å²) in [7, 11) is 2.00. The minimum Gasteiger partial charge on any atom is -0.335 e. The summed E-state index contributed by atoms with van der Waals surface area (Å²) in [6.07, 6.45) is -2.94. The second-order valence-corrected chi connectivity index (χ2v) is 6.06.